The molecule has 7 aromatic rings. The van der Waals surface area contributed by atoms with E-state index in [9.17, 15) is 0 Å². The van der Waals surface area contributed by atoms with Gasteiger partial charge in [-0.3, -0.25) is 0 Å². The molecule has 0 saturated carbocycles. The lowest BCUT2D eigenvalue weighted by Gasteiger charge is -2.50. The second-order valence-corrected chi connectivity index (χ2v) is 31.1. The van der Waals surface area contributed by atoms with Gasteiger partial charge in [0, 0.05) is 43.3 Å². The zero-order chi connectivity index (χ0) is 53.4. The summed E-state index contributed by atoms with van der Waals surface area (Å²) >= 11 is 2.02. The van der Waals surface area contributed by atoms with Gasteiger partial charge in [-0.05, 0) is 190 Å². The van der Waals surface area contributed by atoms with Crippen LogP contribution in [0.5, 0.6) is 0 Å². The Hall–Kier alpha value is -5.06. The third-order valence-electron chi connectivity index (χ3n) is 18.6. The van der Waals surface area contributed by atoms with Crippen LogP contribution < -0.4 is 25.5 Å². The molecule has 0 radical (unpaired) electrons. The zero-order valence-corrected chi connectivity index (χ0v) is 49.8. The Morgan fingerprint density at radius 1 is 0.432 bits per heavy atom. The fourth-order valence-corrected chi connectivity index (χ4v) is 14.8. The highest BCUT2D eigenvalue weighted by molar-refractivity contribution is 7.33. The first-order valence-electron chi connectivity index (χ1n) is 28.1. The summed E-state index contributed by atoms with van der Waals surface area (Å²) in [5.41, 5.74) is 25.0. The standard InChI is InChI=1S/C70H85BN2S/c1-63(2,3)43-21-27-47(28-22-43)72-53-31-25-46(66(10,11)12)40-52(53)71-60-54(72)37-42(57-58-50(67(13,14)33-35-69(58,17)18)41-51-59(57)70(19,20)36-34-68(51,15)16)38-55(60)73(48-29-23-44(24-30-48)64(4,5)6)61-49-39-45(65(7,8)9)26-32-56(49)74-62(61)71/h21-32,37-41H,33-36H2,1-20H3. The quantitative estimate of drug-likeness (QED) is 0.163. The highest BCUT2D eigenvalue weighted by Gasteiger charge is 2.49. The number of nitrogens with zero attached hydrogens (tertiary/aromatic N) is 2. The summed E-state index contributed by atoms with van der Waals surface area (Å²) in [6.45, 7) is 48.6. The van der Waals surface area contributed by atoms with E-state index in [-0.39, 0.29) is 50.0 Å². The Bertz CT molecular complexity index is 3360. The summed E-state index contributed by atoms with van der Waals surface area (Å²) in [5.74, 6) is 0. The summed E-state index contributed by atoms with van der Waals surface area (Å²) in [7, 11) is 0. The van der Waals surface area contributed by atoms with Gasteiger partial charge in [0.1, 0.15) is 0 Å². The molecule has 384 valence electrons. The average molecular weight is 997 g/mol. The molecule has 3 heterocycles. The van der Waals surface area contributed by atoms with E-state index in [1.54, 1.807) is 22.3 Å². The minimum atomic E-state index is -0.0338. The molecule has 0 unspecified atom stereocenters. The minimum absolute atomic E-state index is 0.0101. The van der Waals surface area contributed by atoms with E-state index in [2.05, 4.69) is 251 Å². The van der Waals surface area contributed by atoms with Crippen LogP contribution in [0.15, 0.2) is 103 Å². The van der Waals surface area contributed by atoms with E-state index in [0.717, 1.165) is 12.8 Å². The fourth-order valence-electron chi connectivity index (χ4n) is 13.5. The first-order chi connectivity index (χ1) is 34.2. The maximum atomic E-state index is 2.73. The van der Waals surface area contributed by atoms with Gasteiger partial charge in [0.05, 0.1) is 5.69 Å². The molecular weight excluding hydrogens is 912 g/mol. The van der Waals surface area contributed by atoms with E-state index < -0.39 is 0 Å². The maximum Gasteiger partial charge on any atom is 0.264 e. The van der Waals surface area contributed by atoms with Crippen molar-refractivity contribution in [3.63, 3.8) is 0 Å². The minimum Gasteiger partial charge on any atom is -0.311 e. The van der Waals surface area contributed by atoms with Crippen LogP contribution in [-0.4, -0.2) is 6.71 Å². The summed E-state index contributed by atoms with van der Waals surface area (Å²) in [6.07, 6.45) is 4.68. The first kappa shape index (κ1) is 51.1. The van der Waals surface area contributed by atoms with Crippen molar-refractivity contribution in [1.82, 2.24) is 0 Å². The molecule has 0 saturated heterocycles. The first-order valence-corrected chi connectivity index (χ1v) is 28.9. The van der Waals surface area contributed by atoms with Gasteiger partial charge < -0.3 is 9.80 Å². The average Bonchev–Trinajstić information content (AvgIpc) is 3.68. The number of anilines is 6. The van der Waals surface area contributed by atoms with Crippen molar-refractivity contribution < 1.29 is 0 Å². The predicted octanol–water partition coefficient (Wildman–Crippen LogP) is 18.5. The van der Waals surface area contributed by atoms with Gasteiger partial charge in [-0.2, -0.15) is 0 Å². The molecule has 6 aromatic carbocycles. The van der Waals surface area contributed by atoms with Crippen molar-refractivity contribution in [2.45, 2.75) is 207 Å². The largest absolute Gasteiger partial charge is 0.311 e. The number of hydrogen-bond acceptors (Lipinski definition) is 3. The zero-order valence-electron chi connectivity index (χ0n) is 49.0. The molecule has 0 N–H and O–H groups in total. The van der Waals surface area contributed by atoms with Crippen LogP contribution in [-0.2, 0) is 43.3 Å². The Labute approximate surface area is 451 Å². The molecule has 0 spiro atoms. The van der Waals surface area contributed by atoms with E-state index in [4.69, 9.17) is 0 Å². The van der Waals surface area contributed by atoms with Crippen molar-refractivity contribution in [3.05, 3.63) is 148 Å². The Kier molecular flexibility index (Phi) is 11.2. The molecule has 4 aliphatic rings. The molecule has 1 aromatic heterocycles. The number of fused-ring (bicyclic) bond motifs is 8. The molecule has 74 heavy (non-hydrogen) atoms. The third kappa shape index (κ3) is 7.98. The molecule has 4 heteroatoms. The van der Waals surface area contributed by atoms with Crippen molar-refractivity contribution in [2.24, 2.45) is 0 Å². The molecule has 0 atom stereocenters. The summed E-state index contributed by atoms with van der Waals surface area (Å²) in [5, 5.41) is 1.35. The van der Waals surface area contributed by atoms with Crippen LogP contribution in [0.2, 0.25) is 0 Å². The summed E-state index contributed by atoms with van der Waals surface area (Å²) < 4.78 is 2.78. The van der Waals surface area contributed by atoms with E-state index >= 15 is 0 Å². The highest BCUT2D eigenvalue weighted by atomic mass is 32.1. The van der Waals surface area contributed by atoms with Gasteiger partial charge >= 0.3 is 0 Å². The highest BCUT2D eigenvalue weighted by Crippen LogP contribution is 2.59. The molecule has 2 aliphatic heterocycles. The second-order valence-electron chi connectivity index (χ2n) is 30.1. The Balaban J connectivity index is 1.35. The van der Waals surface area contributed by atoms with Gasteiger partial charge in [0.2, 0.25) is 0 Å². The molecule has 0 amide bonds. The Morgan fingerprint density at radius 3 is 1.34 bits per heavy atom. The number of benzene rings is 6. The van der Waals surface area contributed by atoms with Gasteiger partial charge in [0.15, 0.2) is 0 Å². The molecule has 2 aliphatic carbocycles. The molecule has 2 nitrogen and oxygen atoms in total. The second kappa shape index (κ2) is 16.2. The van der Waals surface area contributed by atoms with Crippen LogP contribution in [0.4, 0.5) is 34.1 Å². The molecule has 11 rings (SSSR count). The van der Waals surface area contributed by atoms with Gasteiger partial charge in [-0.15, -0.1) is 11.3 Å². The predicted molar refractivity (Wildman–Crippen MR) is 327 cm³/mol. The smallest absolute Gasteiger partial charge is 0.264 e. The third-order valence-corrected chi connectivity index (χ3v) is 19.8. The van der Waals surface area contributed by atoms with Gasteiger partial charge in [0.25, 0.3) is 6.71 Å². The van der Waals surface area contributed by atoms with Crippen LogP contribution >= 0.6 is 11.3 Å². The lowest BCUT2D eigenvalue weighted by Crippen LogP contribution is -2.60. The SMILES string of the molecule is CC(C)(C)c1ccc(N2c3ccc(C(C)(C)C)cc3B3c4sc5ccc(C(C)(C)C)cc5c4N(c4ccc(C(C)(C)C)cc4)c4cc(-c5c6c(cc7c5C(C)(C)CCC7(C)C)C(C)(C)CCC6(C)C)cc2c43)cc1. The van der Waals surface area contributed by atoms with Crippen LogP contribution in [0.25, 0.3) is 21.2 Å². The Morgan fingerprint density at radius 2 is 0.851 bits per heavy atom. The van der Waals surface area contributed by atoms with Crippen LogP contribution in [0.1, 0.15) is 209 Å². The number of thiophene rings is 1. The summed E-state index contributed by atoms with van der Waals surface area (Å²) in [6, 6.07) is 42.3. The maximum absolute atomic E-state index is 2.73. The van der Waals surface area contributed by atoms with Gasteiger partial charge in [-0.1, -0.05) is 187 Å². The molecule has 0 fully saturated rings. The monoisotopic (exact) mass is 997 g/mol. The lowest BCUT2D eigenvalue weighted by atomic mass is 9.36. The van der Waals surface area contributed by atoms with Crippen molar-refractivity contribution >= 4 is 78.0 Å². The normalized spacial score (nSPS) is 18.4. The van der Waals surface area contributed by atoms with Crippen molar-refractivity contribution in [3.8, 4) is 11.1 Å². The van der Waals surface area contributed by atoms with Crippen molar-refractivity contribution in [2.75, 3.05) is 9.80 Å². The summed E-state index contributed by atoms with van der Waals surface area (Å²) in [4.78, 5) is 5.41. The lowest BCUT2D eigenvalue weighted by molar-refractivity contribution is 0.314. The van der Waals surface area contributed by atoms with E-state index in [0.29, 0.717) is 0 Å². The van der Waals surface area contributed by atoms with Crippen LogP contribution in [0, 0.1) is 0 Å². The molecule has 0 bridgehead atoms. The molecular formula is C70H85BN2S. The topological polar surface area (TPSA) is 6.48 Å². The van der Waals surface area contributed by atoms with E-state index in [1.165, 1.54) is 106 Å². The number of hydrogen-bond donors (Lipinski definition) is 0. The fraction of sp³-hybridized carbons (Fsp3) is 0.457. The van der Waals surface area contributed by atoms with Crippen molar-refractivity contribution in [1.29, 1.82) is 0 Å². The van der Waals surface area contributed by atoms with E-state index in [1.807, 2.05) is 11.3 Å². The van der Waals surface area contributed by atoms with Gasteiger partial charge in [-0.25, -0.2) is 0 Å². The number of rotatable bonds is 3. The van der Waals surface area contributed by atoms with Crippen LogP contribution in [0.3, 0.4) is 0 Å².